The minimum atomic E-state index is -2.03. The minimum Gasteiger partial charge on any atom is -0.393 e. The lowest BCUT2D eigenvalue weighted by molar-refractivity contribution is -0.317. The molecule has 20 heteroatoms. The van der Waals surface area contributed by atoms with Gasteiger partial charge in [-0.2, -0.15) is 0 Å². The highest BCUT2D eigenvalue weighted by atomic mass is 16.6. The van der Waals surface area contributed by atoms with Crippen LogP contribution in [0.25, 0.3) is 0 Å². The third-order valence-corrected chi connectivity index (χ3v) is 9.85. The van der Waals surface area contributed by atoms with Crippen LogP contribution in [0.3, 0.4) is 0 Å². The fraction of sp³-hybridized carbons (Fsp3) is 0.821. The molecule has 59 heavy (non-hydrogen) atoms. The molecule has 1 aliphatic rings. The fourth-order valence-electron chi connectivity index (χ4n) is 5.90. The predicted octanol–water partition coefficient (Wildman–Crippen LogP) is 0.222. The maximum absolute atomic E-state index is 12.2. The fourth-order valence-corrected chi connectivity index (χ4v) is 5.90. The number of carbonyl (C=O) groups excluding carboxylic acids is 5. The number of ether oxygens (including phenoxy) is 1. The van der Waals surface area contributed by atoms with Gasteiger partial charge in [-0.3, -0.25) is 39.6 Å². The number of amides is 5. The maximum Gasteiger partial charge on any atom is 0.246 e. The van der Waals surface area contributed by atoms with Crippen LogP contribution in [0.4, 0.5) is 0 Å². The van der Waals surface area contributed by atoms with Gasteiger partial charge in [0, 0.05) is 64.8 Å². The number of hydrogen-bond donors (Lipinski definition) is 11. The molecule has 0 radical (unpaired) electrons. The summed E-state index contributed by atoms with van der Waals surface area (Å²) < 4.78 is 5.07. The van der Waals surface area contributed by atoms with Gasteiger partial charge in [-0.25, -0.2) is 15.2 Å². The Kier molecular flexibility index (Phi) is 28.7. The summed E-state index contributed by atoms with van der Waals surface area (Å²) in [5, 5.41) is 89.1. The minimum absolute atomic E-state index is 0.0656. The molecule has 5 amide bonds. The first-order valence-electron chi connectivity index (χ1n) is 21.1. The molecule has 0 aromatic heterocycles. The van der Waals surface area contributed by atoms with Crippen LogP contribution in [-0.2, 0) is 28.7 Å². The Morgan fingerprint density at radius 3 is 1.63 bits per heavy atom. The summed E-state index contributed by atoms with van der Waals surface area (Å²) in [4.78, 5) is 60.6. The zero-order valence-electron chi connectivity index (χ0n) is 34.7. The molecule has 0 bridgehead atoms. The Balaban J connectivity index is 2.00. The second kappa shape index (κ2) is 31.5. The summed E-state index contributed by atoms with van der Waals surface area (Å²) in [7, 11) is 0. The first-order valence-corrected chi connectivity index (χ1v) is 21.1. The lowest BCUT2D eigenvalue weighted by Gasteiger charge is -2.41. The number of aliphatic hydroxyl groups is 5. The molecule has 11 N–H and O–H groups in total. The van der Waals surface area contributed by atoms with E-state index in [-0.39, 0.29) is 88.7 Å². The zero-order valence-corrected chi connectivity index (χ0v) is 34.7. The van der Waals surface area contributed by atoms with Crippen molar-refractivity contribution in [3.8, 4) is 0 Å². The van der Waals surface area contributed by atoms with Crippen molar-refractivity contribution in [1.29, 1.82) is 0 Å². The average molecular weight is 849 g/mol. The van der Waals surface area contributed by atoms with Crippen LogP contribution in [0.5, 0.6) is 0 Å². The normalized spacial score (nSPS) is 19.6. The van der Waals surface area contributed by atoms with Gasteiger partial charge in [0.2, 0.25) is 35.3 Å². The van der Waals surface area contributed by atoms with Crippen molar-refractivity contribution in [2.45, 2.75) is 153 Å². The topological polar surface area (TPSA) is 302 Å². The molecule has 2 unspecified atom stereocenters. The summed E-state index contributed by atoms with van der Waals surface area (Å²) in [6.07, 6.45) is 6.50. The number of hydrogen-bond acceptors (Lipinski definition) is 15. The van der Waals surface area contributed by atoms with E-state index in [0.29, 0.717) is 112 Å². The third-order valence-electron chi connectivity index (χ3n) is 9.85. The van der Waals surface area contributed by atoms with Crippen LogP contribution in [0.1, 0.15) is 122 Å². The van der Waals surface area contributed by atoms with Crippen LogP contribution in [0, 0.1) is 0 Å². The van der Waals surface area contributed by atoms with E-state index in [4.69, 9.17) is 4.74 Å². The van der Waals surface area contributed by atoms with Crippen LogP contribution in [0.15, 0.2) is 12.2 Å². The molecular weight excluding hydrogens is 776 g/mol. The number of unbranched alkanes of at least 4 members (excludes halogenated alkanes) is 6. The number of hydroxylamine groups is 6. The van der Waals surface area contributed by atoms with Crippen LogP contribution < -0.4 is 16.0 Å². The van der Waals surface area contributed by atoms with Crippen molar-refractivity contribution >= 4 is 29.5 Å². The molecule has 1 aliphatic heterocycles. The van der Waals surface area contributed by atoms with Crippen molar-refractivity contribution in [2.24, 2.45) is 0 Å². The number of allylic oxidation sites excluding steroid dienone is 2. The molecule has 1 rings (SSSR count). The standard InChI is InChI=1S/C39H72N6O14/c1-2-30(46)16-8-3-4-9-17-34(50)43(56)25-14-6-11-23-41-33(49)19-21-36(52)45(58)27-15-7-12-24-42-32(48)18-20-35(51)44(57)26-13-5-10-22-40-29-39(55)38(54)37(53)31(47)28-59-39/h3-4,30-31,37-38,40,46-47,53-58H,2,5-29H2,1H3,(H,41,49)(H,42,48)/b4-3-/t30?,31-,37-,38+,39?/m1/s1. The number of nitrogens with zero attached hydrogens (tertiary/aromatic N) is 3. The largest absolute Gasteiger partial charge is 0.393 e. The molecule has 0 saturated carbocycles. The van der Waals surface area contributed by atoms with Gasteiger partial charge in [0.15, 0.2) is 0 Å². The summed E-state index contributed by atoms with van der Waals surface area (Å²) in [5.74, 6) is -4.26. The van der Waals surface area contributed by atoms with Gasteiger partial charge in [-0.15, -0.1) is 0 Å². The van der Waals surface area contributed by atoms with Gasteiger partial charge in [0.1, 0.15) is 18.3 Å². The van der Waals surface area contributed by atoms with E-state index in [0.717, 1.165) is 6.42 Å². The molecule has 1 saturated heterocycles. The van der Waals surface area contributed by atoms with Crippen molar-refractivity contribution < 1.29 is 69.9 Å². The van der Waals surface area contributed by atoms with Gasteiger partial charge in [-0.05, 0) is 83.6 Å². The molecule has 0 aromatic carbocycles. The van der Waals surface area contributed by atoms with Crippen molar-refractivity contribution in [1.82, 2.24) is 31.1 Å². The third kappa shape index (κ3) is 24.5. The van der Waals surface area contributed by atoms with Crippen LogP contribution in [0.2, 0.25) is 0 Å². The summed E-state index contributed by atoms with van der Waals surface area (Å²) >= 11 is 0. The smallest absolute Gasteiger partial charge is 0.246 e. The van der Waals surface area contributed by atoms with Crippen LogP contribution in [-0.4, -0.2) is 169 Å². The zero-order chi connectivity index (χ0) is 44.1. The monoisotopic (exact) mass is 849 g/mol. The highest BCUT2D eigenvalue weighted by molar-refractivity contribution is 5.83. The predicted molar refractivity (Wildman–Crippen MR) is 212 cm³/mol. The van der Waals surface area contributed by atoms with Gasteiger partial charge in [0.25, 0.3) is 0 Å². The second-order valence-electron chi connectivity index (χ2n) is 14.9. The quantitative estimate of drug-likeness (QED) is 0.0182. The van der Waals surface area contributed by atoms with E-state index in [1.54, 1.807) is 0 Å². The van der Waals surface area contributed by atoms with E-state index in [1.165, 1.54) is 0 Å². The number of rotatable bonds is 33. The maximum atomic E-state index is 12.2. The van der Waals surface area contributed by atoms with Gasteiger partial charge in [-0.1, -0.05) is 25.5 Å². The van der Waals surface area contributed by atoms with Crippen molar-refractivity contribution in [3.63, 3.8) is 0 Å². The highest BCUT2D eigenvalue weighted by Gasteiger charge is 2.48. The Hall–Kier alpha value is -3.31. The molecular formula is C39H72N6O14. The van der Waals surface area contributed by atoms with Gasteiger partial charge in [0.05, 0.1) is 19.3 Å². The molecule has 0 spiro atoms. The summed E-state index contributed by atoms with van der Waals surface area (Å²) in [5.41, 5.74) is 0. The van der Waals surface area contributed by atoms with E-state index < -0.39 is 35.9 Å². The first-order chi connectivity index (χ1) is 28.1. The highest BCUT2D eigenvalue weighted by Crippen LogP contribution is 2.23. The van der Waals surface area contributed by atoms with Crippen molar-refractivity contribution in [3.05, 3.63) is 12.2 Å². The second-order valence-corrected chi connectivity index (χ2v) is 14.9. The molecule has 5 atom stereocenters. The Morgan fingerprint density at radius 2 is 1.14 bits per heavy atom. The van der Waals surface area contributed by atoms with Gasteiger partial charge < -0.3 is 46.2 Å². The Labute approximate surface area is 347 Å². The molecule has 1 heterocycles. The van der Waals surface area contributed by atoms with E-state index in [9.17, 15) is 65.1 Å². The Morgan fingerprint density at radius 1 is 0.678 bits per heavy atom. The van der Waals surface area contributed by atoms with E-state index in [2.05, 4.69) is 16.0 Å². The lowest BCUT2D eigenvalue weighted by Crippen LogP contribution is -2.64. The molecule has 1 fully saturated rings. The molecule has 0 aromatic rings. The SMILES string of the molecule is CCC(O)CC/C=C\CCC(=O)N(O)CCCCCNC(=O)CCC(=O)N(O)CCCCCNC(=O)CCC(=O)N(O)CCCCCNCC1(O)OC[C@@H](O)[C@@H](O)[C@@H]1O. The summed E-state index contributed by atoms with van der Waals surface area (Å²) in [6.45, 7) is 2.88. The molecule has 342 valence electrons. The van der Waals surface area contributed by atoms with Crippen molar-refractivity contribution in [2.75, 3.05) is 52.4 Å². The number of carbonyl (C=O) groups is 5. The average Bonchev–Trinajstić information content (AvgIpc) is 3.22. The van der Waals surface area contributed by atoms with Crippen LogP contribution >= 0.6 is 0 Å². The Bertz CT molecular complexity index is 1250. The molecule has 0 aliphatic carbocycles. The van der Waals surface area contributed by atoms with E-state index >= 15 is 0 Å². The first kappa shape index (κ1) is 53.7. The molecule has 20 nitrogen and oxygen atoms in total. The van der Waals surface area contributed by atoms with Gasteiger partial charge >= 0.3 is 0 Å². The number of aliphatic hydroxyl groups excluding tert-OH is 4. The summed E-state index contributed by atoms with van der Waals surface area (Å²) in [6, 6.07) is 0. The van der Waals surface area contributed by atoms with E-state index in [1.807, 2.05) is 19.1 Å². The number of nitrogens with one attached hydrogen (secondary N) is 3. The lowest BCUT2D eigenvalue weighted by atomic mass is 9.97.